The van der Waals surface area contributed by atoms with Crippen LogP contribution < -0.4 is 4.74 Å². The number of aromatic hydroxyl groups is 1. The molecule has 0 fully saturated rings. The van der Waals surface area contributed by atoms with Gasteiger partial charge in [-0.25, -0.2) is 0 Å². The lowest BCUT2D eigenvalue weighted by molar-refractivity contribution is 0.406. The van der Waals surface area contributed by atoms with Crippen LogP contribution in [0.25, 0.3) is 0 Å². The molecule has 2 rings (SSSR count). The van der Waals surface area contributed by atoms with Crippen LogP contribution >= 0.6 is 0 Å². The molecule has 2 aromatic carbocycles. The summed E-state index contributed by atoms with van der Waals surface area (Å²) in [5, 5.41) is 9.94. The van der Waals surface area contributed by atoms with Gasteiger partial charge in [0.25, 0.3) is 0 Å². The molecule has 0 spiro atoms. The van der Waals surface area contributed by atoms with Gasteiger partial charge in [0.2, 0.25) is 0 Å². The molecular weight excluding hydrogens is 236 g/mol. The van der Waals surface area contributed by atoms with E-state index in [-0.39, 0.29) is 11.7 Å². The van der Waals surface area contributed by atoms with Crippen LogP contribution in [0.3, 0.4) is 0 Å². The zero-order chi connectivity index (χ0) is 13.7. The van der Waals surface area contributed by atoms with Crippen LogP contribution in [0.2, 0.25) is 0 Å². The Morgan fingerprint density at radius 1 is 1.11 bits per heavy atom. The Bertz CT molecular complexity index is 606. The topological polar surface area (TPSA) is 29.5 Å². The van der Waals surface area contributed by atoms with E-state index in [9.17, 15) is 5.11 Å². The average Bonchev–Trinajstić information content (AvgIpc) is 2.45. The number of phenols is 1. The lowest BCUT2D eigenvalue weighted by atomic mass is 10.00. The predicted octanol–water partition coefficient (Wildman–Crippen LogP) is 3.56. The van der Waals surface area contributed by atoms with Crippen molar-refractivity contribution in [3.63, 3.8) is 0 Å². The summed E-state index contributed by atoms with van der Waals surface area (Å²) in [6.07, 6.45) is 0. The van der Waals surface area contributed by atoms with Gasteiger partial charge in [-0.3, -0.25) is 0 Å². The summed E-state index contributed by atoms with van der Waals surface area (Å²) in [5.74, 6) is 7.07. The van der Waals surface area contributed by atoms with Gasteiger partial charge in [0, 0.05) is 23.1 Å². The first-order valence-corrected chi connectivity index (χ1v) is 6.14. The molecule has 96 valence electrons. The fourth-order valence-electron chi connectivity index (χ4n) is 1.81. The van der Waals surface area contributed by atoms with Gasteiger partial charge in [-0.15, -0.1) is 0 Å². The van der Waals surface area contributed by atoms with Crippen molar-refractivity contribution in [1.82, 2.24) is 0 Å². The number of phenolic OH excluding ortho intramolecular Hbond substituents is 1. The van der Waals surface area contributed by atoms with E-state index >= 15 is 0 Å². The second-order valence-corrected chi connectivity index (χ2v) is 4.28. The number of ether oxygens (including phenoxy) is 1. The highest BCUT2D eigenvalue weighted by Crippen LogP contribution is 2.29. The molecule has 2 heteroatoms. The molecule has 0 aliphatic heterocycles. The SMILES string of the molecule is COc1ccc(C(C)C#Cc2ccccc2)c(O)c1. The molecule has 0 saturated heterocycles. The molecule has 1 atom stereocenters. The van der Waals surface area contributed by atoms with Gasteiger partial charge in [-0.1, -0.05) is 36.1 Å². The summed E-state index contributed by atoms with van der Waals surface area (Å²) < 4.78 is 5.06. The molecule has 19 heavy (non-hydrogen) atoms. The van der Waals surface area contributed by atoms with Crippen molar-refractivity contribution in [2.45, 2.75) is 12.8 Å². The van der Waals surface area contributed by atoms with Gasteiger partial charge in [-0.2, -0.15) is 0 Å². The van der Waals surface area contributed by atoms with Crippen molar-refractivity contribution in [3.8, 4) is 23.3 Å². The van der Waals surface area contributed by atoms with E-state index in [1.807, 2.05) is 49.4 Å². The third kappa shape index (κ3) is 3.29. The Labute approximate surface area is 113 Å². The van der Waals surface area contributed by atoms with Crippen LogP contribution in [-0.4, -0.2) is 12.2 Å². The summed E-state index contributed by atoms with van der Waals surface area (Å²) >= 11 is 0. The fraction of sp³-hybridized carbons (Fsp3) is 0.176. The summed E-state index contributed by atoms with van der Waals surface area (Å²) in [5.41, 5.74) is 1.78. The van der Waals surface area contributed by atoms with E-state index in [0.717, 1.165) is 11.1 Å². The number of hydrogen-bond acceptors (Lipinski definition) is 2. The maximum atomic E-state index is 9.94. The predicted molar refractivity (Wildman–Crippen MR) is 76.4 cm³/mol. The van der Waals surface area contributed by atoms with Crippen molar-refractivity contribution in [1.29, 1.82) is 0 Å². The minimum Gasteiger partial charge on any atom is -0.507 e. The van der Waals surface area contributed by atoms with Crippen LogP contribution in [-0.2, 0) is 0 Å². The summed E-state index contributed by atoms with van der Waals surface area (Å²) in [7, 11) is 1.58. The Balaban J connectivity index is 2.21. The zero-order valence-corrected chi connectivity index (χ0v) is 11.1. The molecule has 0 aromatic heterocycles. The lowest BCUT2D eigenvalue weighted by Gasteiger charge is -2.09. The van der Waals surface area contributed by atoms with Crippen molar-refractivity contribution >= 4 is 0 Å². The summed E-state index contributed by atoms with van der Waals surface area (Å²) in [6.45, 7) is 1.97. The van der Waals surface area contributed by atoms with E-state index in [4.69, 9.17) is 4.74 Å². The van der Waals surface area contributed by atoms with Crippen LogP contribution in [0.1, 0.15) is 24.0 Å². The number of methoxy groups -OCH3 is 1. The molecule has 1 unspecified atom stereocenters. The Hall–Kier alpha value is -2.40. The Morgan fingerprint density at radius 3 is 2.47 bits per heavy atom. The van der Waals surface area contributed by atoms with Crippen molar-refractivity contribution < 1.29 is 9.84 Å². The Kier molecular flexibility index (Phi) is 4.10. The molecule has 0 amide bonds. The largest absolute Gasteiger partial charge is 0.507 e. The summed E-state index contributed by atoms with van der Waals surface area (Å²) in [6, 6.07) is 15.1. The molecule has 0 aliphatic carbocycles. The second-order valence-electron chi connectivity index (χ2n) is 4.28. The number of hydrogen-bond donors (Lipinski definition) is 1. The quantitative estimate of drug-likeness (QED) is 0.828. The summed E-state index contributed by atoms with van der Waals surface area (Å²) in [4.78, 5) is 0. The van der Waals surface area contributed by atoms with E-state index in [1.54, 1.807) is 13.2 Å². The minimum absolute atomic E-state index is 0.0360. The smallest absolute Gasteiger partial charge is 0.123 e. The van der Waals surface area contributed by atoms with Gasteiger partial charge in [0.05, 0.1) is 7.11 Å². The first-order valence-electron chi connectivity index (χ1n) is 6.14. The molecular formula is C17H16O2. The highest BCUT2D eigenvalue weighted by molar-refractivity contribution is 5.45. The highest BCUT2D eigenvalue weighted by atomic mass is 16.5. The van der Waals surface area contributed by atoms with Crippen LogP contribution in [0.15, 0.2) is 48.5 Å². The van der Waals surface area contributed by atoms with Gasteiger partial charge < -0.3 is 9.84 Å². The zero-order valence-electron chi connectivity index (χ0n) is 11.1. The van der Waals surface area contributed by atoms with Crippen molar-refractivity contribution in [2.75, 3.05) is 7.11 Å². The first-order chi connectivity index (χ1) is 9.20. The monoisotopic (exact) mass is 252 g/mol. The molecule has 1 N–H and O–H groups in total. The standard InChI is InChI=1S/C17H16O2/c1-13(8-9-14-6-4-3-5-7-14)16-11-10-15(19-2)12-17(16)18/h3-7,10-13,18H,1-2H3. The third-order valence-electron chi connectivity index (χ3n) is 2.91. The van der Waals surface area contributed by atoms with Crippen molar-refractivity contribution in [2.24, 2.45) is 0 Å². The maximum absolute atomic E-state index is 9.94. The molecule has 0 saturated carbocycles. The Morgan fingerprint density at radius 2 is 1.84 bits per heavy atom. The van der Waals surface area contributed by atoms with Gasteiger partial charge >= 0.3 is 0 Å². The van der Waals surface area contributed by atoms with Crippen LogP contribution in [0.5, 0.6) is 11.5 Å². The lowest BCUT2D eigenvalue weighted by Crippen LogP contribution is -1.92. The second kappa shape index (κ2) is 5.97. The minimum atomic E-state index is -0.0360. The molecule has 0 bridgehead atoms. The molecule has 0 radical (unpaired) electrons. The average molecular weight is 252 g/mol. The molecule has 2 nitrogen and oxygen atoms in total. The molecule has 2 aromatic rings. The van der Waals surface area contributed by atoms with Gasteiger partial charge in [0.1, 0.15) is 11.5 Å². The van der Waals surface area contributed by atoms with Gasteiger partial charge in [0.15, 0.2) is 0 Å². The van der Waals surface area contributed by atoms with E-state index in [1.165, 1.54) is 0 Å². The van der Waals surface area contributed by atoms with E-state index in [2.05, 4.69) is 11.8 Å². The van der Waals surface area contributed by atoms with E-state index in [0.29, 0.717) is 5.75 Å². The first kappa shape index (κ1) is 13.0. The van der Waals surface area contributed by atoms with E-state index < -0.39 is 0 Å². The highest BCUT2D eigenvalue weighted by Gasteiger charge is 2.08. The van der Waals surface area contributed by atoms with Crippen molar-refractivity contribution in [3.05, 3.63) is 59.7 Å². The number of rotatable bonds is 2. The normalized spacial score (nSPS) is 11.3. The maximum Gasteiger partial charge on any atom is 0.123 e. The van der Waals surface area contributed by atoms with Crippen LogP contribution in [0.4, 0.5) is 0 Å². The molecule has 0 aliphatic rings. The third-order valence-corrected chi connectivity index (χ3v) is 2.91. The number of benzene rings is 2. The molecule has 0 heterocycles. The fourth-order valence-corrected chi connectivity index (χ4v) is 1.81. The van der Waals surface area contributed by atoms with Crippen LogP contribution in [0, 0.1) is 11.8 Å². The van der Waals surface area contributed by atoms with Gasteiger partial charge in [-0.05, 0) is 25.1 Å².